The average Bonchev–Trinajstić information content (AvgIpc) is 2.85. The summed E-state index contributed by atoms with van der Waals surface area (Å²) in [5.41, 5.74) is 0.160. The van der Waals surface area contributed by atoms with E-state index in [1.54, 1.807) is 0 Å². The van der Waals surface area contributed by atoms with Crippen molar-refractivity contribution < 1.29 is 13.5 Å². The van der Waals surface area contributed by atoms with Crippen LogP contribution >= 0.6 is 34.5 Å². The molecule has 10 heteroatoms. The third-order valence-electron chi connectivity index (χ3n) is 2.59. The SMILES string of the molecule is CCc1nnc(NS(=O)(=O)c2ccc(Cl)c(CO)c2Cl)s1. The first-order chi connectivity index (χ1) is 9.89. The predicted molar refractivity (Wildman–Crippen MR) is 82.5 cm³/mol. The van der Waals surface area contributed by atoms with Gasteiger partial charge in [-0.15, -0.1) is 10.2 Å². The van der Waals surface area contributed by atoms with Crippen LogP contribution in [-0.4, -0.2) is 23.7 Å². The minimum absolute atomic E-state index is 0.113. The molecule has 1 aromatic heterocycles. The van der Waals surface area contributed by atoms with Gasteiger partial charge in [0.25, 0.3) is 10.0 Å². The molecule has 0 aliphatic heterocycles. The van der Waals surface area contributed by atoms with Gasteiger partial charge in [0.05, 0.1) is 11.6 Å². The molecule has 0 spiro atoms. The van der Waals surface area contributed by atoms with Gasteiger partial charge in [-0.2, -0.15) is 0 Å². The molecule has 0 saturated carbocycles. The van der Waals surface area contributed by atoms with Gasteiger partial charge in [0.2, 0.25) is 5.13 Å². The van der Waals surface area contributed by atoms with Gasteiger partial charge in [-0.1, -0.05) is 41.5 Å². The van der Waals surface area contributed by atoms with Crippen molar-refractivity contribution in [2.24, 2.45) is 0 Å². The fourth-order valence-corrected chi connectivity index (χ4v) is 4.34. The lowest BCUT2D eigenvalue weighted by molar-refractivity contribution is 0.282. The summed E-state index contributed by atoms with van der Waals surface area (Å²) in [7, 11) is -3.93. The lowest BCUT2D eigenvalue weighted by Crippen LogP contribution is -2.14. The van der Waals surface area contributed by atoms with Gasteiger partial charge in [-0.3, -0.25) is 4.72 Å². The molecule has 21 heavy (non-hydrogen) atoms. The number of nitrogens with zero attached hydrogens (tertiary/aromatic N) is 2. The summed E-state index contributed by atoms with van der Waals surface area (Å²) < 4.78 is 26.9. The first-order valence-electron chi connectivity index (χ1n) is 5.82. The Labute approximate surface area is 135 Å². The lowest BCUT2D eigenvalue weighted by atomic mass is 10.2. The number of aromatic nitrogens is 2. The minimum atomic E-state index is -3.93. The number of hydrogen-bond acceptors (Lipinski definition) is 6. The number of hydrogen-bond donors (Lipinski definition) is 2. The van der Waals surface area contributed by atoms with E-state index in [9.17, 15) is 13.5 Å². The zero-order chi connectivity index (χ0) is 15.6. The van der Waals surface area contributed by atoms with E-state index in [0.717, 1.165) is 11.3 Å². The number of aliphatic hydroxyl groups excluding tert-OH is 1. The van der Waals surface area contributed by atoms with Gasteiger partial charge in [0, 0.05) is 10.6 Å². The smallest absolute Gasteiger partial charge is 0.265 e. The highest BCUT2D eigenvalue weighted by molar-refractivity contribution is 7.93. The summed E-state index contributed by atoms with van der Waals surface area (Å²) in [6, 6.07) is 2.64. The molecule has 2 rings (SSSR count). The van der Waals surface area contributed by atoms with Crippen LogP contribution in [0.4, 0.5) is 5.13 Å². The Morgan fingerprint density at radius 1 is 1.33 bits per heavy atom. The van der Waals surface area contributed by atoms with Crippen molar-refractivity contribution in [3.63, 3.8) is 0 Å². The summed E-state index contributed by atoms with van der Waals surface area (Å²) >= 11 is 13.0. The van der Waals surface area contributed by atoms with E-state index in [0.29, 0.717) is 11.4 Å². The number of benzene rings is 1. The highest BCUT2D eigenvalue weighted by atomic mass is 35.5. The lowest BCUT2D eigenvalue weighted by Gasteiger charge is -2.10. The summed E-state index contributed by atoms with van der Waals surface area (Å²) in [6.07, 6.45) is 0.662. The number of nitrogens with one attached hydrogen (secondary N) is 1. The third kappa shape index (κ3) is 3.46. The quantitative estimate of drug-likeness (QED) is 0.847. The molecule has 0 aliphatic rings. The standard InChI is InChI=1S/C11H11Cl2N3O3S2/c1-2-9-14-15-11(20-9)16-21(18,19)8-4-3-7(12)6(5-17)10(8)13/h3-4,17H,2,5H2,1H3,(H,15,16). The summed E-state index contributed by atoms with van der Waals surface area (Å²) in [5, 5.41) is 17.7. The van der Waals surface area contributed by atoms with Gasteiger partial charge in [-0.25, -0.2) is 8.42 Å². The fraction of sp³-hybridized carbons (Fsp3) is 0.273. The Morgan fingerprint density at radius 3 is 2.62 bits per heavy atom. The Bertz CT molecular complexity index is 762. The Balaban J connectivity index is 2.40. The molecule has 1 aromatic carbocycles. The number of anilines is 1. The first-order valence-corrected chi connectivity index (χ1v) is 8.87. The van der Waals surface area contributed by atoms with E-state index in [2.05, 4.69) is 14.9 Å². The monoisotopic (exact) mass is 367 g/mol. The van der Waals surface area contributed by atoms with Gasteiger partial charge < -0.3 is 5.11 Å². The van der Waals surface area contributed by atoms with Gasteiger partial charge >= 0.3 is 0 Å². The van der Waals surface area contributed by atoms with Crippen LogP contribution < -0.4 is 4.72 Å². The second kappa shape index (κ2) is 6.45. The molecular weight excluding hydrogens is 357 g/mol. The van der Waals surface area contributed by atoms with E-state index >= 15 is 0 Å². The Kier molecular flexibility index (Phi) is 5.05. The second-order valence-corrected chi connectivity index (χ2v) is 7.45. The number of sulfonamides is 1. The van der Waals surface area contributed by atoms with Crippen LogP contribution in [0.25, 0.3) is 0 Å². The zero-order valence-electron chi connectivity index (χ0n) is 10.8. The molecule has 0 unspecified atom stereocenters. The number of rotatable bonds is 5. The van der Waals surface area contributed by atoms with Crippen LogP contribution in [0.3, 0.4) is 0 Å². The van der Waals surface area contributed by atoms with Crippen LogP contribution in [0, 0.1) is 0 Å². The van der Waals surface area contributed by atoms with Crippen molar-refractivity contribution in [2.45, 2.75) is 24.8 Å². The van der Waals surface area contributed by atoms with Crippen LogP contribution in [0.1, 0.15) is 17.5 Å². The molecule has 6 nitrogen and oxygen atoms in total. The minimum Gasteiger partial charge on any atom is -0.392 e. The van der Waals surface area contributed by atoms with E-state index in [1.165, 1.54) is 12.1 Å². The molecule has 0 amide bonds. The Morgan fingerprint density at radius 2 is 2.05 bits per heavy atom. The molecule has 2 aromatic rings. The summed E-state index contributed by atoms with van der Waals surface area (Å²) in [5.74, 6) is 0. The Hall–Kier alpha value is -0.930. The maximum atomic E-state index is 12.3. The number of aliphatic hydroxyl groups is 1. The molecule has 114 valence electrons. The van der Waals surface area contributed by atoms with Crippen molar-refractivity contribution in [2.75, 3.05) is 4.72 Å². The van der Waals surface area contributed by atoms with E-state index in [4.69, 9.17) is 23.2 Å². The maximum absolute atomic E-state index is 12.3. The predicted octanol–water partition coefficient (Wildman–Crippen LogP) is 2.70. The van der Waals surface area contributed by atoms with Gasteiger partial charge in [0.1, 0.15) is 9.90 Å². The summed E-state index contributed by atoms with van der Waals surface area (Å²) in [6.45, 7) is 1.43. The highest BCUT2D eigenvalue weighted by Gasteiger charge is 2.22. The average molecular weight is 368 g/mol. The van der Waals surface area contributed by atoms with Crippen LogP contribution in [0.15, 0.2) is 17.0 Å². The molecule has 0 atom stereocenters. The second-order valence-electron chi connectivity index (χ2n) is 3.96. The number of aryl methyl sites for hydroxylation is 1. The van der Waals surface area contributed by atoms with E-state index in [-0.39, 0.29) is 25.6 Å². The van der Waals surface area contributed by atoms with Crippen LogP contribution in [0.2, 0.25) is 10.0 Å². The van der Waals surface area contributed by atoms with Crippen molar-refractivity contribution in [3.05, 3.63) is 32.7 Å². The van der Waals surface area contributed by atoms with Crippen molar-refractivity contribution >= 4 is 49.7 Å². The molecular formula is C11H11Cl2N3O3S2. The van der Waals surface area contributed by atoms with Crippen LogP contribution in [0.5, 0.6) is 0 Å². The molecule has 0 aliphatic carbocycles. The molecule has 0 bridgehead atoms. The van der Waals surface area contributed by atoms with Gasteiger partial charge in [0.15, 0.2) is 0 Å². The van der Waals surface area contributed by atoms with E-state index < -0.39 is 16.6 Å². The van der Waals surface area contributed by atoms with E-state index in [1.807, 2.05) is 6.92 Å². The molecule has 1 heterocycles. The van der Waals surface area contributed by atoms with Crippen molar-refractivity contribution in [1.82, 2.24) is 10.2 Å². The number of halogens is 2. The topological polar surface area (TPSA) is 92.2 Å². The molecule has 0 fully saturated rings. The largest absolute Gasteiger partial charge is 0.392 e. The van der Waals surface area contributed by atoms with Crippen molar-refractivity contribution in [3.8, 4) is 0 Å². The first kappa shape index (κ1) is 16.4. The molecule has 0 radical (unpaired) electrons. The zero-order valence-corrected chi connectivity index (χ0v) is 13.9. The normalized spacial score (nSPS) is 11.6. The highest BCUT2D eigenvalue weighted by Crippen LogP contribution is 2.32. The molecule has 0 saturated heterocycles. The third-order valence-corrected chi connectivity index (χ3v) is 5.98. The summed E-state index contributed by atoms with van der Waals surface area (Å²) in [4.78, 5) is -0.175. The van der Waals surface area contributed by atoms with Crippen LogP contribution in [-0.2, 0) is 23.1 Å². The van der Waals surface area contributed by atoms with Gasteiger partial charge in [-0.05, 0) is 18.6 Å². The van der Waals surface area contributed by atoms with Crippen molar-refractivity contribution in [1.29, 1.82) is 0 Å². The maximum Gasteiger partial charge on any atom is 0.265 e. The fourth-order valence-electron chi connectivity index (χ4n) is 1.54. The molecule has 2 N–H and O–H groups in total.